The predicted molar refractivity (Wildman–Crippen MR) is 114 cm³/mol. The Labute approximate surface area is 175 Å². The van der Waals surface area contributed by atoms with Crippen molar-refractivity contribution in [1.29, 1.82) is 0 Å². The number of furan rings is 1. The van der Waals surface area contributed by atoms with Gasteiger partial charge in [-0.3, -0.25) is 10.1 Å². The topological polar surface area (TPSA) is 67.2 Å². The van der Waals surface area contributed by atoms with Gasteiger partial charge in [0.1, 0.15) is 11.6 Å². The molecule has 8 heteroatoms. The number of aryl methyl sites for hydroxylation is 2. The largest absolute Gasteiger partial charge is 0.451 e. The van der Waals surface area contributed by atoms with Crippen LogP contribution in [0.4, 0.5) is 5.82 Å². The molecule has 0 aliphatic rings. The number of carbonyl (C=O) groups excluding carboxylic acids is 1. The smallest absolute Gasteiger partial charge is 0.293 e. The summed E-state index contributed by atoms with van der Waals surface area (Å²) >= 11 is 14.7. The van der Waals surface area contributed by atoms with Crippen LogP contribution in [-0.4, -0.2) is 16.0 Å². The van der Waals surface area contributed by atoms with Crippen molar-refractivity contribution in [2.24, 2.45) is 0 Å². The molecule has 2 heterocycles. The molecule has 138 valence electrons. The zero-order valence-corrected chi connectivity index (χ0v) is 17.6. The van der Waals surface area contributed by atoms with Gasteiger partial charge >= 0.3 is 0 Å². The molecule has 0 atom stereocenters. The summed E-state index contributed by atoms with van der Waals surface area (Å²) in [6.07, 6.45) is 0. The standard InChI is InChI=1S/C19H15BrClN3O2S/c1-10-3-4-12(9-14(10)21)15-6-7-16(26-15)18(25)24-19(27)23-17-8-5-13(20)11(2)22-17/h3-9H,1-2H3,(H2,22,23,24,25,27). The number of carbonyl (C=O) groups is 1. The Morgan fingerprint density at radius 1 is 1.19 bits per heavy atom. The van der Waals surface area contributed by atoms with Crippen LogP contribution in [0, 0.1) is 13.8 Å². The third kappa shape index (κ3) is 4.74. The van der Waals surface area contributed by atoms with Crippen LogP contribution in [-0.2, 0) is 0 Å². The van der Waals surface area contributed by atoms with Crippen LogP contribution >= 0.6 is 39.7 Å². The number of halogens is 2. The van der Waals surface area contributed by atoms with Gasteiger partial charge in [0.15, 0.2) is 10.9 Å². The normalized spacial score (nSPS) is 10.5. The summed E-state index contributed by atoms with van der Waals surface area (Å²) in [5, 5.41) is 6.21. The molecule has 0 saturated heterocycles. The van der Waals surface area contributed by atoms with Crippen molar-refractivity contribution in [3.05, 3.63) is 69.0 Å². The van der Waals surface area contributed by atoms with Crippen LogP contribution in [0.25, 0.3) is 11.3 Å². The lowest BCUT2D eigenvalue weighted by Gasteiger charge is -2.09. The lowest BCUT2D eigenvalue weighted by atomic mass is 10.1. The van der Waals surface area contributed by atoms with Crippen LogP contribution in [0.3, 0.4) is 0 Å². The molecule has 0 unspecified atom stereocenters. The van der Waals surface area contributed by atoms with E-state index < -0.39 is 5.91 Å². The van der Waals surface area contributed by atoms with E-state index in [9.17, 15) is 4.79 Å². The van der Waals surface area contributed by atoms with Crippen molar-refractivity contribution in [3.8, 4) is 11.3 Å². The van der Waals surface area contributed by atoms with Crippen LogP contribution in [0.1, 0.15) is 21.8 Å². The summed E-state index contributed by atoms with van der Waals surface area (Å²) in [5.41, 5.74) is 2.57. The van der Waals surface area contributed by atoms with Crippen LogP contribution < -0.4 is 10.6 Å². The Morgan fingerprint density at radius 3 is 2.67 bits per heavy atom. The number of hydrogen-bond donors (Lipinski definition) is 2. The highest BCUT2D eigenvalue weighted by Gasteiger charge is 2.14. The van der Waals surface area contributed by atoms with E-state index in [2.05, 4.69) is 31.5 Å². The molecule has 0 aliphatic carbocycles. The Balaban J connectivity index is 1.67. The molecule has 3 rings (SSSR count). The van der Waals surface area contributed by atoms with Gasteiger partial charge in [-0.1, -0.05) is 23.7 Å². The predicted octanol–water partition coefficient (Wildman–Crippen LogP) is 5.50. The summed E-state index contributed by atoms with van der Waals surface area (Å²) < 4.78 is 6.52. The first kappa shape index (κ1) is 19.5. The minimum atomic E-state index is -0.453. The third-order valence-electron chi connectivity index (χ3n) is 3.78. The second-order valence-electron chi connectivity index (χ2n) is 5.80. The van der Waals surface area contributed by atoms with E-state index in [0.29, 0.717) is 16.6 Å². The zero-order chi connectivity index (χ0) is 19.6. The molecule has 0 spiro atoms. The average molecular weight is 465 g/mol. The SMILES string of the molecule is Cc1ccc(-c2ccc(C(=O)NC(=S)Nc3ccc(Br)c(C)n3)o2)cc1Cl. The Kier molecular flexibility index (Phi) is 5.94. The molecular formula is C19H15BrClN3O2S. The zero-order valence-electron chi connectivity index (χ0n) is 14.5. The summed E-state index contributed by atoms with van der Waals surface area (Å²) in [6, 6.07) is 12.5. The first-order valence-electron chi connectivity index (χ1n) is 7.95. The Bertz CT molecular complexity index is 1040. The minimum absolute atomic E-state index is 0.130. The number of anilines is 1. The van der Waals surface area contributed by atoms with Crippen molar-refractivity contribution in [2.75, 3.05) is 5.32 Å². The second kappa shape index (κ2) is 8.21. The van der Waals surface area contributed by atoms with Crippen LogP contribution in [0.2, 0.25) is 5.02 Å². The van der Waals surface area contributed by atoms with Gasteiger partial charge in [-0.05, 0) is 77.9 Å². The van der Waals surface area contributed by atoms with Gasteiger partial charge in [-0.25, -0.2) is 4.98 Å². The molecule has 3 aromatic rings. The summed E-state index contributed by atoms with van der Waals surface area (Å²) in [5.74, 6) is 0.776. The maximum absolute atomic E-state index is 12.3. The molecule has 5 nitrogen and oxygen atoms in total. The van der Waals surface area contributed by atoms with Gasteiger partial charge in [0.2, 0.25) is 0 Å². The van der Waals surface area contributed by atoms with Crippen molar-refractivity contribution in [3.63, 3.8) is 0 Å². The molecule has 0 saturated carbocycles. The molecule has 27 heavy (non-hydrogen) atoms. The lowest BCUT2D eigenvalue weighted by Crippen LogP contribution is -2.34. The minimum Gasteiger partial charge on any atom is -0.451 e. The summed E-state index contributed by atoms with van der Waals surface area (Å²) in [7, 11) is 0. The highest BCUT2D eigenvalue weighted by molar-refractivity contribution is 9.10. The van der Waals surface area contributed by atoms with Gasteiger partial charge in [-0.2, -0.15) is 0 Å². The fraction of sp³-hybridized carbons (Fsp3) is 0.105. The van der Waals surface area contributed by atoms with Crippen LogP contribution in [0.5, 0.6) is 0 Å². The molecule has 1 aromatic carbocycles. The first-order valence-corrected chi connectivity index (χ1v) is 9.53. The number of hydrogen-bond acceptors (Lipinski definition) is 4. The number of rotatable bonds is 3. The molecule has 2 aromatic heterocycles. The molecule has 2 N–H and O–H groups in total. The number of pyridine rings is 1. The fourth-order valence-electron chi connectivity index (χ4n) is 2.29. The van der Waals surface area contributed by atoms with Gasteiger partial charge in [0, 0.05) is 15.1 Å². The number of thiocarbonyl (C=S) groups is 1. The third-order valence-corrected chi connectivity index (χ3v) is 5.23. The first-order chi connectivity index (χ1) is 12.8. The van der Waals surface area contributed by atoms with Gasteiger partial charge < -0.3 is 9.73 Å². The summed E-state index contributed by atoms with van der Waals surface area (Å²) in [6.45, 7) is 3.78. The molecule has 0 aliphatic heterocycles. The Morgan fingerprint density at radius 2 is 1.96 bits per heavy atom. The average Bonchev–Trinajstić information content (AvgIpc) is 3.11. The fourth-order valence-corrected chi connectivity index (χ4v) is 2.89. The van der Waals surface area contributed by atoms with Crippen molar-refractivity contribution in [2.45, 2.75) is 13.8 Å². The number of nitrogens with one attached hydrogen (secondary N) is 2. The van der Waals surface area contributed by atoms with E-state index in [1.54, 1.807) is 24.3 Å². The number of benzene rings is 1. The monoisotopic (exact) mass is 463 g/mol. The second-order valence-corrected chi connectivity index (χ2v) is 7.47. The van der Waals surface area contributed by atoms with Gasteiger partial charge in [0.05, 0.1) is 5.69 Å². The van der Waals surface area contributed by atoms with E-state index in [-0.39, 0.29) is 10.9 Å². The highest BCUT2D eigenvalue weighted by Crippen LogP contribution is 2.27. The molecular weight excluding hydrogens is 450 g/mol. The number of nitrogens with zero attached hydrogens (tertiary/aromatic N) is 1. The van der Waals surface area contributed by atoms with E-state index in [1.165, 1.54) is 0 Å². The molecule has 1 amide bonds. The van der Waals surface area contributed by atoms with Gasteiger partial charge in [0.25, 0.3) is 5.91 Å². The van der Waals surface area contributed by atoms with E-state index in [4.69, 9.17) is 28.2 Å². The van der Waals surface area contributed by atoms with E-state index in [1.807, 2.05) is 32.0 Å². The Hall–Kier alpha value is -2.22. The molecule has 0 radical (unpaired) electrons. The highest BCUT2D eigenvalue weighted by atomic mass is 79.9. The maximum atomic E-state index is 12.3. The van der Waals surface area contributed by atoms with E-state index in [0.717, 1.165) is 21.3 Å². The molecule has 0 fully saturated rings. The van der Waals surface area contributed by atoms with Crippen molar-refractivity contribution < 1.29 is 9.21 Å². The van der Waals surface area contributed by atoms with Crippen LogP contribution in [0.15, 0.2) is 51.4 Å². The summed E-state index contributed by atoms with van der Waals surface area (Å²) in [4.78, 5) is 16.7. The van der Waals surface area contributed by atoms with Gasteiger partial charge in [-0.15, -0.1) is 0 Å². The molecule has 0 bridgehead atoms. The van der Waals surface area contributed by atoms with Crippen molar-refractivity contribution in [1.82, 2.24) is 10.3 Å². The lowest BCUT2D eigenvalue weighted by molar-refractivity contribution is 0.0951. The maximum Gasteiger partial charge on any atom is 0.293 e. The number of amides is 1. The van der Waals surface area contributed by atoms with E-state index >= 15 is 0 Å². The number of aromatic nitrogens is 1. The van der Waals surface area contributed by atoms with Crippen molar-refractivity contribution >= 4 is 56.6 Å². The quantitative estimate of drug-likeness (QED) is 0.501.